The summed E-state index contributed by atoms with van der Waals surface area (Å²) in [5.41, 5.74) is 1.79. The highest BCUT2D eigenvalue weighted by Gasteiger charge is 2.31. The number of phenols is 1. The molecule has 0 spiro atoms. The van der Waals surface area contributed by atoms with E-state index in [-0.39, 0.29) is 59.0 Å². The lowest BCUT2D eigenvalue weighted by Gasteiger charge is -2.15. The van der Waals surface area contributed by atoms with Gasteiger partial charge in [-0.05, 0) is 18.6 Å². The number of rotatable bonds is 10. The van der Waals surface area contributed by atoms with Crippen LogP contribution in [0.4, 0.5) is 24.5 Å². The lowest BCUT2D eigenvalue weighted by Crippen LogP contribution is -2.19. The van der Waals surface area contributed by atoms with E-state index in [0.717, 1.165) is 18.2 Å². The number of fused-ring (bicyclic) bond motifs is 1. The Bertz CT molecular complexity index is 1860. The van der Waals surface area contributed by atoms with E-state index in [9.17, 15) is 32.7 Å². The monoisotopic (exact) mass is 625 g/mol. The summed E-state index contributed by atoms with van der Waals surface area (Å²) in [7, 11) is 0. The third-order valence-electron chi connectivity index (χ3n) is 6.07. The van der Waals surface area contributed by atoms with Crippen molar-refractivity contribution in [2.24, 2.45) is 0 Å². The van der Waals surface area contributed by atoms with Crippen LogP contribution in [0.3, 0.4) is 0 Å². The van der Waals surface area contributed by atoms with E-state index in [0.29, 0.717) is 11.3 Å². The number of carbonyl (C=O) groups is 2. The molecule has 0 aliphatic heterocycles. The smallest absolute Gasteiger partial charge is 0.507 e. The van der Waals surface area contributed by atoms with Crippen LogP contribution in [-0.2, 0) is 4.79 Å². The van der Waals surface area contributed by atoms with E-state index < -0.39 is 29.4 Å². The van der Waals surface area contributed by atoms with Crippen molar-refractivity contribution >= 4 is 45.5 Å². The number of halogens is 3. The second-order valence-corrected chi connectivity index (χ2v) is 9.96. The number of alkyl halides is 3. The molecule has 0 unspecified atom stereocenters. The molecular weight excluding hydrogens is 603 g/mol. The molecule has 0 aliphatic rings. The summed E-state index contributed by atoms with van der Waals surface area (Å²) >= 11 is 1.18. The predicted octanol–water partition coefficient (Wildman–Crippen LogP) is 6.57. The second-order valence-electron chi connectivity index (χ2n) is 9.24. The van der Waals surface area contributed by atoms with Gasteiger partial charge in [-0.25, -0.2) is 4.98 Å². The number of aromatic nitrogens is 1. The number of anilines is 2. The first kappa shape index (κ1) is 30.1. The van der Waals surface area contributed by atoms with Gasteiger partial charge in [-0.3, -0.25) is 14.4 Å². The molecule has 14 heteroatoms. The van der Waals surface area contributed by atoms with Gasteiger partial charge in [-0.1, -0.05) is 30.3 Å². The zero-order valence-electron chi connectivity index (χ0n) is 22.5. The number of thiazole rings is 1. The van der Waals surface area contributed by atoms with Crippen LogP contribution in [0.5, 0.6) is 17.2 Å². The number of nitrogens with zero attached hydrogens (tertiary/aromatic N) is 1. The fourth-order valence-electron chi connectivity index (χ4n) is 4.15. The number of carbonyl (C=O) groups excluding carboxylic acids is 2. The van der Waals surface area contributed by atoms with Crippen molar-refractivity contribution in [1.29, 1.82) is 0 Å². The van der Waals surface area contributed by atoms with Gasteiger partial charge in [0, 0.05) is 41.6 Å². The van der Waals surface area contributed by atoms with Gasteiger partial charge in [0.15, 0.2) is 5.43 Å². The lowest BCUT2D eigenvalue weighted by molar-refractivity contribution is -0.274. The molecule has 3 aromatic carbocycles. The number of nitrogens with one attached hydrogen (secondary N) is 2. The summed E-state index contributed by atoms with van der Waals surface area (Å²) in [5, 5.41) is 16.9. The minimum absolute atomic E-state index is 0.00557. The highest BCUT2D eigenvalue weighted by atomic mass is 32.1. The maximum atomic E-state index is 12.8. The average Bonchev–Trinajstić information content (AvgIpc) is 3.51. The lowest BCUT2D eigenvalue weighted by atomic mass is 10.1. The molecule has 2 aromatic heterocycles. The molecule has 5 rings (SSSR count). The van der Waals surface area contributed by atoms with Gasteiger partial charge in [0.1, 0.15) is 39.7 Å². The summed E-state index contributed by atoms with van der Waals surface area (Å²) in [6.07, 6.45) is -4.92. The van der Waals surface area contributed by atoms with Gasteiger partial charge in [0.25, 0.3) is 5.91 Å². The maximum absolute atomic E-state index is 12.8. The Morgan fingerprint density at radius 1 is 0.977 bits per heavy atom. The topological polar surface area (TPSA) is 140 Å². The first-order chi connectivity index (χ1) is 21.1. The summed E-state index contributed by atoms with van der Waals surface area (Å²) < 4.78 is 53.8. The first-order valence-electron chi connectivity index (χ1n) is 12.9. The van der Waals surface area contributed by atoms with E-state index in [1.165, 1.54) is 40.4 Å². The number of aromatic hydroxyl groups is 1. The van der Waals surface area contributed by atoms with Crippen LogP contribution in [0.1, 0.15) is 23.3 Å². The Kier molecular flexibility index (Phi) is 8.81. The molecular formula is C30H22F3N3O7S. The second kappa shape index (κ2) is 12.9. The predicted molar refractivity (Wildman–Crippen MR) is 156 cm³/mol. The van der Waals surface area contributed by atoms with Gasteiger partial charge in [-0.2, -0.15) is 0 Å². The zero-order chi connectivity index (χ0) is 31.3. The third-order valence-corrected chi connectivity index (χ3v) is 6.66. The number of ether oxygens (including phenoxy) is 2. The standard InChI is InChI=1S/C30H22F3N3O7S/c31-30(32,33)43-18-8-9-20(36-29(40)22-15-44-16-34-22)21(11-18)35-27(39)7-4-10-41-19-12-23(37)28-24(38)14-25(42-26(28)13-19)17-5-2-1-3-6-17/h1-3,5-6,8-9,11-16,37H,4,7,10H2,(H,35,39)(H,36,40). The summed E-state index contributed by atoms with van der Waals surface area (Å²) in [4.78, 5) is 41.6. The molecule has 0 fully saturated rings. The van der Waals surface area contributed by atoms with Crippen molar-refractivity contribution in [3.8, 4) is 28.6 Å². The van der Waals surface area contributed by atoms with Crippen LogP contribution in [-0.4, -0.2) is 34.9 Å². The molecule has 44 heavy (non-hydrogen) atoms. The quantitative estimate of drug-likeness (QED) is 0.148. The van der Waals surface area contributed by atoms with Crippen LogP contribution in [0.2, 0.25) is 0 Å². The average molecular weight is 626 g/mol. The van der Waals surface area contributed by atoms with Crippen molar-refractivity contribution < 1.29 is 41.8 Å². The fraction of sp³-hybridized carbons (Fsp3) is 0.133. The van der Waals surface area contributed by atoms with E-state index in [1.807, 2.05) is 6.07 Å². The molecule has 5 aromatic rings. The summed E-state index contributed by atoms with van der Waals surface area (Å²) in [6, 6.07) is 16.0. The van der Waals surface area contributed by atoms with Crippen molar-refractivity contribution in [3.05, 3.63) is 93.5 Å². The highest BCUT2D eigenvalue weighted by Crippen LogP contribution is 2.33. The maximum Gasteiger partial charge on any atom is 0.573 e. The van der Waals surface area contributed by atoms with Gasteiger partial charge in [0.05, 0.1) is 23.5 Å². The molecule has 3 N–H and O–H groups in total. The Morgan fingerprint density at radius 3 is 2.50 bits per heavy atom. The van der Waals surface area contributed by atoms with Crippen LogP contribution < -0.4 is 25.5 Å². The van der Waals surface area contributed by atoms with Gasteiger partial charge < -0.3 is 29.6 Å². The molecule has 0 saturated heterocycles. The number of hydrogen-bond acceptors (Lipinski definition) is 9. The molecule has 0 aliphatic carbocycles. The molecule has 226 valence electrons. The highest BCUT2D eigenvalue weighted by molar-refractivity contribution is 7.07. The number of hydrogen-bond donors (Lipinski definition) is 3. The van der Waals surface area contributed by atoms with Gasteiger partial charge >= 0.3 is 6.36 Å². The molecule has 2 amide bonds. The third kappa shape index (κ3) is 7.52. The minimum Gasteiger partial charge on any atom is -0.507 e. The molecule has 2 heterocycles. The van der Waals surface area contributed by atoms with Crippen molar-refractivity contribution in [2.75, 3.05) is 17.2 Å². The van der Waals surface area contributed by atoms with E-state index in [4.69, 9.17) is 9.15 Å². The van der Waals surface area contributed by atoms with Crippen molar-refractivity contribution in [2.45, 2.75) is 19.2 Å². The van der Waals surface area contributed by atoms with Crippen LogP contribution in [0.15, 0.2) is 86.8 Å². The van der Waals surface area contributed by atoms with Crippen molar-refractivity contribution in [1.82, 2.24) is 4.98 Å². The number of amides is 2. The molecule has 0 bridgehead atoms. The number of benzene rings is 3. The largest absolute Gasteiger partial charge is 0.573 e. The Hall–Kier alpha value is -5.37. The zero-order valence-corrected chi connectivity index (χ0v) is 23.3. The molecule has 0 atom stereocenters. The van der Waals surface area contributed by atoms with Gasteiger partial charge in [0.2, 0.25) is 5.91 Å². The minimum atomic E-state index is -4.97. The van der Waals surface area contributed by atoms with Gasteiger partial charge in [-0.15, -0.1) is 24.5 Å². The molecule has 10 nitrogen and oxygen atoms in total. The Balaban J connectivity index is 1.24. The molecule has 0 saturated carbocycles. The Morgan fingerprint density at radius 2 is 1.77 bits per heavy atom. The van der Waals surface area contributed by atoms with E-state index in [2.05, 4.69) is 20.4 Å². The van der Waals surface area contributed by atoms with E-state index in [1.54, 1.807) is 24.3 Å². The fourth-order valence-corrected chi connectivity index (χ4v) is 4.68. The molecule has 0 radical (unpaired) electrons. The first-order valence-corrected chi connectivity index (χ1v) is 13.9. The summed E-state index contributed by atoms with van der Waals surface area (Å²) in [5.74, 6) is -1.64. The Labute approximate surface area is 250 Å². The normalized spacial score (nSPS) is 11.2. The number of phenolic OH excluding ortho intramolecular Hbond substituents is 1. The SMILES string of the molecule is O=C(CCCOc1cc(O)c2c(=O)cc(-c3ccccc3)oc2c1)Nc1cc(OC(F)(F)F)ccc1NC(=O)c1cscn1. The van der Waals surface area contributed by atoms with E-state index >= 15 is 0 Å². The van der Waals surface area contributed by atoms with Crippen LogP contribution in [0, 0.1) is 0 Å². The van der Waals surface area contributed by atoms with Crippen molar-refractivity contribution in [3.63, 3.8) is 0 Å². The summed E-state index contributed by atoms with van der Waals surface area (Å²) in [6.45, 7) is 0.00557. The van der Waals surface area contributed by atoms with Crippen LogP contribution >= 0.6 is 11.3 Å². The van der Waals surface area contributed by atoms with Crippen LogP contribution in [0.25, 0.3) is 22.3 Å².